The van der Waals surface area contributed by atoms with Crippen LogP contribution in [0.25, 0.3) is 0 Å². The molecule has 0 saturated heterocycles. The van der Waals surface area contributed by atoms with E-state index in [9.17, 15) is 4.79 Å². The van der Waals surface area contributed by atoms with Gasteiger partial charge in [0.05, 0.1) is 5.56 Å². The molecule has 0 aliphatic carbocycles. The van der Waals surface area contributed by atoms with Gasteiger partial charge in [0, 0.05) is 5.56 Å². The molecule has 0 aliphatic rings. The van der Waals surface area contributed by atoms with Gasteiger partial charge in [-0.15, -0.1) is 0 Å². The zero-order valence-corrected chi connectivity index (χ0v) is 14.9. The normalized spacial score (nSPS) is 12.1. The highest BCUT2D eigenvalue weighted by atomic mass is 16.5. The molecule has 2 heteroatoms. The van der Waals surface area contributed by atoms with Gasteiger partial charge in [-0.25, -0.2) is 4.79 Å². The van der Waals surface area contributed by atoms with Crippen LogP contribution in [0, 0.1) is 0 Å². The maximum atomic E-state index is 12.4. The van der Waals surface area contributed by atoms with E-state index in [1.807, 2.05) is 48.5 Å². The molecule has 2 aromatic carbocycles. The highest BCUT2D eigenvalue weighted by molar-refractivity contribution is 5.91. The first-order valence-electron chi connectivity index (χ1n) is 8.01. The number of esters is 1. The summed E-state index contributed by atoms with van der Waals surface area (Å²) in [5.41, 5.74) is 2.79. The van der Waals surface area contributed by atoms with Gasteiger partial charge in [-0.2, -0.15) is 0 Å². The van der Waals surface area contributed by atoms with Crippen molar-refractivity contribution in [1.82, 2.24) is 0 Å². The van der Waals surface area contributed by atoms with Crippen LogP contribution >= 0.6 is 0 Å². The number of benzene rings is 2. The summed E-state index contributed by atoms with van der Waals surface area (Å²) in [6, 6.07) is 15.4. The Morgan fingerprint density at radius 1 is 0.783 bits per heavy atom. The van der Waals surface area contributed by atoms with Gasteiger partial charge in [-0.1, -0.05) is 71.9 Å². The Bertz CT molecular complexity index is 683. The average Bonchev–Trinajstić information content (AvgIpc) is 2.46. The molecule has 0 aromatic heterocycles. The summed E-state index contributed by atoms with van der Waals surface area (Å²) in [5.74, 6) is 0.312. The molecule has 0 fully saturated rings. The summed E-state index contributed by atoms with van der Waals surface area (Å²) in [6.07, 6.45) is 0. The lowest BCUT2D eigenvalue weighted by Crippen LogP contribution is -2.17. The molecule has 0 amide bonds. The van der Waals surface area contributed by atoms with Crippen LogP contribution < -0.4 is 4.74 Å². The number of rotatable bonds is 2. The van der Waals surface area contributed by atoms with E-state index in [2.05, 4.69) is 41.5 Å². The standard InChI is InChI=1S/C21H26O2/c1-20(2,3)16-13-11-15(12-14-16)19(22)23-18-10-8-7-9-17(18)21(4,5)6/h7-14H,1-6H3. The average molecular weight is 310 g/mol. The van der Waals surface area contributed by atoms with E-state index in [4.69, 9.17) is 4.74 Å². The van der Waals surface area contributed by atoms with Crippen LogP contribution in [0.2, 0.25) is 0 Å². The molecule has 2 rings (SSSR count). The van der Waals surface area contributed by atoms with Gasteiger partial charge >= 0.3 is 5.97 Å². The van der Waals surface area contributed by atoms with Crippen LogP contribution in [-0.4, -0.2) is 5.97 Å². The molecular formula is C21H26O2. The Balaban J connectivity index is 2.24. The van der Waals surface area contributed by atoms with Gasteiger partial charge in [-0.3, -0.25) is 0 Å². The molecule has 0 atom stereocenters. The molecule has 0 aliphatic heterocycles. The van der Waals surface area contributed by atoms with Crippen molar-refractivity contribution in [2.75, 3.05) is 0 Å². The topological polar surface area (TPSA) is 26.3 Å². The molecule has 0 heterocycles. The lowest BCUT2D eigenvalue weighted by Gasteiger charge is -2.22. The number of carbonyl (C=O) groups excluding carboxylic acids is 1. The molecule has 23 heavy (non-hydrogen) atoms. The van der Waals surface area contributed by atoms with Crippen LogP contribution in [0.15, 0.2) is 48.5 Å². The maximum Gasteiger partial charge on any atom is 0.343 e. The van der Waals surface area contributed by atoms with Gasteiger partial charge < -0.3 is 4.74 Å². The third kappa shape index (κ3) is 4.22. The fourth-order valence-electron chi connectivity index (χ4n) is 2.44. The van der Waals surface area contributed by atoms with E-state index in [0.717, 1.165) is 5.56 Å². The highest BCUT2D eigenvalue weighted by Crippen LogP contribution is 2.31. The fourth-order valence-corrected chi connectivity index (χ4v) is 2.44. The van der Waals surface area contributed by atoms with E-state index < -0.39 is 0 Å². The highest BCUT2D eigenvalue weighted by Gasteiger charge is 2.21. The van der Waals surface area contributed by atoms with Crippen LogP contribution in [0.5, 0.6) is 5.75 Å². The number of hydrogen-bond donors (Lipinski definition) is 0. The third-order valence-electron chi connectivity index (χ3n) is 3.88. The largest absolute Gasteiger partial charge is 0.423 e. The molecular weight excluding hydrogens is 284 g/mol. The van der Waals surface area contributed by atoms with E-state index in [-0.39, 0.29) is 16.8 Å². The molecule has 0 radical (unpaired) electrons. The SMILES string of the molecule is CC(C)(C)c1ccc(C(=O)Oc2ccccc2C(C)(C)C)cc1. The first-order chi connectivity index (χ1) is 10.6. The third-order valence-corrected chi connectivity index (χ3v) is 3.88. The van der Waals surface area contributed by atoms with Gasteiger partial charge in [-0.05, 0) is 34.6 Å². The molecule has 0 bridgehead atoms. The van der Waals surface area contributed by atoms with Gasteiger partial charge in [0.15, 0.2) is 0 Å². The number of ether oxygens (including phenoxy) is 1. The monoisotopic (exact) mass is 310 g/mol. The second-order valence-corrected chi connectivity index (χ2v) is 7.96. The zero-order valence-electron chi connectivity index (χ0n) is 14.9. The minimum atomic E-state index is -0.317. The minimum absolute atomic E-state index is 0.0707. The van der Waals surface area contributed by atoms with E-state index >= 15 is 0 Å². The van der Waals surface area contributed by atoms with Crippen molar-refractivity contribution >= 4 is 5.97 Å². The van der Waals surface area contributed by atoms with E-state index in [1.165, 1.54) is 5.56 Å². The summed E-state index contributed by atoms with van der Waals surface area (Å²) in [4.78, 5) is 12.4. The molecule has 2 nitrogen and oxygen atoms in total. The molecule has 0 spiro atoms. The predicted octanol–water partition coefficient (Wildman–Crippen LogP) is 5.50. The van der Waals surface area contributed by atoms with Crippen molar-refractivity contribution < 1.29 is 9.53 Å². The Labute approximate surface area is 139 Å². The number of para-hydroxylation sites is 1. The second kappa shape index (κ2) is 6.19. The Kier molecular flexibility index (Phi) is 4.65. The molecule has 0 saturated carbocycles. The Morgan fingerprint density at radius 3 is 1.87 bits per heavy atom. The minimum Gasteiger partial charge on any atom is -0.423 e. The van der Waals surface area contributed by atoms with Crippen LogP contribution in [0.3, 0.4) is 0 Å². The van der Waals surface area contributed by atoms with Crippen molar-refractivity contribution in [3.8, 4) is 5.75 Å². The van der Waals surface area contributed by atoms with Crippen molar-refractivity contribution in [3.63, 3.8) is 0 Å². The Hall–Kier alpha value is -2.09. The Morgan fingerprint density at radius 2 is 1.35 bits per heavy atom. The zero-order chi connectivity index (χ0) is 17.3. The summed E-state index contributed by atoms with van der Waals surface area (Å²) in [5, 5.41) is 0. The van der Waals surface area contributed by atoms with Gasteiger partial charge in [0.1, 0.15) is 5.75 Å². The lowest BCUT2D eigenvalue weighted by atomic mass is 9.86. The summed E-state index contributed by atoms with van der Waals surface area (Å²) in [6.45, 7) is 12.8. The van der Waals surface area contributed by atoms with Gasteiger partial charge in [0.25, 0.3) is 0 Å². The molecule has 2 aromatic rings. The summed E-state index contributed by atoms with van der Waals surface area (Å²) >= 11 is 0. The van der Waals surface area contributed by atoms with Crippen molar-refractivity contribution in [2.24, 2.45) is 0 Å². The number of carbonyl (C=O) groups is 1. The van der Waals surface area contributed by atoms with Crippen LogP contribution in [-0.2, 0) is 10.8 Å². The van der Waals surface area contributed by atoms with Crippen LogP contribution in [0.1, 0.15) is 63.0 Å². The van der Waals surface area contributed by atoms with Crippen molar-refractivity contribution in [1.29, 1.82) is 0 Å². The molecule has 0 unspecified atom stereocenters. The predicted molar refractivity (Wildman–Crippen MR) is 95.2 cm³/mol. The first-order valence-corrected chi connectivity index (χ1v) is 8.01. The van der Waals surface area contributed by atoms with E-state index in [0.29, 0.717) is 11.3 Å². The van der Waals surface area contributed by atoms with Gasteiger partial charge in [0.2, 0.25) is 0 Å². The number of hydrogen-bond acceptors (Lipinski definition) is 2. The molecule has 0 N–H and O–H groups in total. The smallest absolute Gasteiger partial charge is 0.343 e. The van der Waals surface area contributed by atoms with Crippen molar-refractivity contribution in [2.45, 2.75) is 52.4 Å². The van der Waals surface area contributed by atoms with Crippen LogP contribution in [0.4, 0.5) is 0 Å². The maximum absolute atomic E-state index is 12.4. The molecule has 122 valence electrons. The lowest BCUT2D eigenvalue weighted by molar-refractivity contribution is 0.0732. The second-order valence-electron chi connectivity index (χ2n) is 7.96. The fraction of sp³-hybridized carbons (Fsp3) is 0.381. The van der Waals surface area contributed by atoms with Crippen molar-refractivity contribution in [3.05, 3.63) is 65.2 Å². The van der Waals surface area contributed by atoms with E-state index in [1.54, 1.807) is 0 Å². The quantitative estimate of drug-likeness (QED) is 0.540. The summed E-state index contributed by atoms with van der Waals surface area (Å²) in [7, 11) is 0. The summed E-state index contributed by atoms with van der Waals surface area (Å²) < 4.78 is 5.64. The first kappa shape index (κ1) is 17.3.